The first-order valence-electron chi connectivity index (χ1n) is 4.63. The van der Waals surface area contributed by atoms with E-state index in [0.29, 0.717) is 5.92 Å². The minimum absolute atomic E-state index is 0.497. The Morgan fingerprint density at radius 1 is 1.36 bits per heavy atom. The molecule has 0 saturated heterocycles. The van der Waals surface area contributed by atoms with Crippen LogP contribution in [-0.4, -0.2) is 9.97 Å². The predicted octanol–water partition coefficient (Wildman–Crippen LogP) is 3.33. The molecule has 2 rings (SSSR count). The quantitative estimate of drug-likeness (QED) is 0.750. The van der Waals surface area contributed by atoms with Gasteiger partial charge in [-0.25, -0.2) is 4.98 Å². The molecule has 0 amide bonds. The van der Waals surface area contributed by atoms with Gasteiger partial charge in [0.05, 0.1) is 5.69 Å². The average Bonchev–Trinajstić information content (AvgIpc) is 2.68. The summed E-state index contributed by atoms with van der Waals surface area (Å²) in [6.45, 7) is 4.31. The zero-order valence-corrected chi connectivity index (χ0v) is 9.08. The summed E-state index contributed by atoms with van der Waals surface area (Å²) < 4.78 is 0. The summed E-state index contributed by atoms with van der Waals surface area (Å²) in [5.41, 5.74) is 2.26. The monoisotopic (exact) mass is 204 g/mol. The molecule has 2 aromatic heterocycles. The van der Waals surface area contributed by atoms with Crippen molar-refractivity contribution in [1.82, 2.24) is 9.97 Å². The number of nitrogens with zero attached hydrogens (tertiary/aromatic N) is 2. The van der Waals surface area contributed by atoms with Crippen molar-refractivity contribution in [2.45, 2.75) is 19.8 Å². The van der Waals surface area contributed by atoms with Crippen molar-refractivity contribution in [2.24, 2.45) is 0 Å². The van der Waals surface area contributed by atoms with E-state index in [4.69, 9.17) is 0 Å². The van der Waals surface area contributed by atoms with Crippen LogP contribution in [0.3, 0.4) is 0 Å². The van der Waals surface area contributed by atoms with Crippen molar-refractivity contribution < 1.29 is 0 Å². The molecule has 0 unspecified atom stereocenters. The summed E-state index contributed by atoms with van der Waals surface area (Å²) in [7, 11) is 0. The van der Waals surface area contributed by atoms with Gasteiger partial charge in [-0.2, -0.15) is 0 Å². The number of hydrogen-bond donors (Lipinski definition) is 0. The Balaban J connectivity index is 2.34. The number of hydrogen-bond acceptors (Lipinski definition) is 3. The molecular formula is C11H12N2S. The molecule has 14 heavy (non-hydrogen) atoms. The Morgan fingerprint density at radius 3 is 2.79 bits per heavy atom. The van der Waals surface area contributed by atoms with E-state index in [2.05, 4.69) is 29.2 Å². The Hall–Kier alpha value is -1.22. The third kappa shape index (κ3) is 1.82. The largest absolute Gasteiger partial charge is 0.264 e. The molecule has 72 valence electrons. The fourth-order valence-corrected chi connectivity index (χ4v) is 2.15. The first-order valence-corrected chi connectivity index (χ1v) is 5.51. The van der Waals surface area contributed by atoms with Crippen LogP contribution in [0, 0.1) is 0 Å². The second kappa shape index (κ2) is 3.88. The number of thiazole rings is 1. The highest BCUT2D eigenvalue weighted by molar-refractivity contribution is 7.13. The predicted molar refractivity (Wildman–Crippen MR) is 59.4 cm³/mol. The van der Waals surface area contributed by atoms with E-state index in [1.807, 2.05) is 18.3 Å². The van der Waals surface area contributed by atoms with Gasteiger partial charge in [-0.05, 0) is 18.1 Å². The van der Waals surface area contributed by atoms with Gasteiger partial charge in [0.25, 0.3) is 0 Å². The minimum Gasteiger partial charge on any atom is -0.264 e. The van der Waals surface area contributed by atoms with Crippen LogP contribution in [0.5, 0.6) is 0 Å². The SMILES string of the molecule is CC(C)c1csc(-c2cccnc2)n1. The highest BCUT2D eigenvalue weighted by atomic mass is 32.1. The molecule has 0 aliphatic heterocycles. The van der Waals surface area contributed by atoms with Crippen LogP contribution in [0.2, 0.25) is 0 Å². The maximum atomic E-state index is 4.56. The zero-order chi connectivity index (χ0) is 9.97. The van der Waals surface area contributed by atoms with E-state index in [1.165, 1.54) is 0 Å². The normalized spacial score (nSPS) is 10.8. The molecule has 0 aliphatic carbocycles. The van der Waals surface area contributed by atoms with Gasteiger partial charge in [-0.1, -0.05) is 13.8 Å². The summed E-state index contributed by atoms with van der Waals surface area (Å²) in [5, 5.41) is 3.18. The molecule has 0 radical (unpaired) electrons. The highest BCUT2D eigenvalue weighted by Crippen LogP contribution is 2.25. The molecule has 0 aliphatic rings. The second-order valence-corrected chi connectivity index (χ2v) is 4.33. The molecular weight excluding hydrogens is 192 g/mol. The molecule has 0 fully saturated rings. The van der Waals surface area contributed by atoms with E-state index in [1.54, 1.807) is 17.5 Å². The van der Waals surface area contributed by atoms with Crippen molar-refractivity contribution in [3.8, 4) is 10.6 Å². The lowest BCUT2D eigenvalue weighted by Gasteiger charge is -1.97. The fourth-order valence-electron chi connectivity index (χ4n) is 1.17. The molecule has 2 heterocycles. The molecule has 0 saturated carbocycles. The van der Waals surface area contributed by atoms with Crippen LogP contribution in [0.15, 0.2) is 29.9 Å². The van der Waals surface area contributed by atoms with E-state index >= 15 is 0 Å². The summed E-state index contributed by atoms with van der Waals surface area (Å²) >= 11 is 1.68. The lowest BCUT2D eigenvalue weighted by molar-refractivity contribution is 0.834. The summed E-state index contributed by atoms with van der Waals surface area (Å²) in [4.78, 5) is 8.64. The van der Waals surface area contributed by atoms with Crippen LogP contribution < -0.4 is 0 Å². The van der Waals surface area contributed by atoms with Gasteiger partial charge in [-0.3, -0.25) is 4.98 Å². The molecule has 2 aromatic rings. The van der Waals surface area contributed by atoms with E-state index < -0.39 is 0 Å². The van der Waals surface area contributed by atoms with Gasteiger partial charge < -0.3 is 0 Å². The first kappa shape index (κ1) is 9.34. The van der Waals surface area contributed by atoms with Crippen molar-refractivity contribution in [2.75, 3.05) is 0 Å². The Morgan fingerprint density at radius 2 is 2.21 bits per heavy atom. The van der Waals surface area contributed by atoms with Crippen LogP contribution in [-0.2, 0) is 0 Å². The van der Waals surface area contributed by atoms with Gasteiger partial charge in [0.2, 0.25) is 0 Å². The summed E-state index contributed by atoms with van der Waals surface area (Å²) in [6.07, 6.45) is 3.63. The minimum atomic E-state index is 0.497. The zero-order valence-electron chi connectivity index (χ0n) is 8.27. The Kier molecular flexibility index (Phi) is 2.59. The van der Waals surface area contributed by atoms with Crippen molar-refractivity contribution in [3.05, 3.63) is 35.6 Å². The Labute approximate surface area is 87.7 Å². The summed E-state index contributed by atoms with van der Waals surface area (Å²) in [5.74, 6) is 0.497. The second-order valence-electron chi connectivity index (χ2n) is 3.47. The smallest absolute Gasteiger partial charge is 0.125 e. The van der Waals surface area contributed by atoms with Crippen molar-refractivity contribution in [1.29, 1.82) is 0 Å². The molecule has 0 bridgehead atoms. The molecule has 0 atom stereocenters. The number of aromatic nitrogens is 2. The number of pyridine rings is 1. The lowest BCUT2D eigenvalue weighted by Crippen LogP contribution is -1.86. The fraction of sp³-hybridized carbons (Fsp3) is 0.273. The molecule has 0 aromatic carbocycles. The van der Waals surface area contributed by atoms with Crippen molar-refractivity contribution >= 4 is 11.3 Å². The van der Waals surface area contributed by atoms with E-state index in [0.717, 1.165) is 16.3 Å². The van der Waals surface area contributed by atoms with Gasteiger partial charge in [0.15, 0.2) is 0 Å². The van der Waals surface area contributed by atoms with E-state index in [-0.39, 0.29) is 0 Å². The van der Waals surface area contributed by atoms with Gasteiger partial charge in [0.1, 0.15) is 5.01 Å². The first-order chi connectivity index (χ1) is 6.77. The highest BCUT2D eigenvalue weighted by Gasteiger charge is 2.06. The number of rotatable bonds is 2. The maximum absolute atomic E-state index is 4.56. The van der Waals surface area contributed by atoms with Crippen LogP contribution >= 0.6 is 11.3 Å². The maximum Gasteiger partial charge on any atom is 0.125 e. The third-order valence-corrected chi connectivity index (χ3v) is 2.93. The average molecular weight is 204 g/mol. The topological polar surface area (TPSA) is 25.8 Å². The Bertz CT molecular complexity index is 406. The molecule has 3 heteroatoms. The lowest BCUT2D eigenvalue weighted by atomic mass is 10.2. The van der Waals surface area contributed by atoms with Crippen LogP contribution in [0.1, 0.15) is 25.5 Å². The van der Waals surface area contributed by atoms with E-state index in [9.17, 15) is 0 Å². The van der Waals surface area contributed by atoms with Gasteiger partial charge in [-0.15, -0.1) is 11.3 Å². The van der Waals surface area contributed by atoms with Crippen LogP contribution in [0.25, 0.3) is 10.6 Å². The summed E-state index contributed by atoms with van der Waals surface area (Å²) in [6, 6.07) is 3.97. The van der Waals surface area contributed by atoms with Crippen LogP contribution in [0.4, 0.5) is 0 Å². The van der Waals surface area contributed by atoms with Gasteiger partial charge in [0, 0.05) is 23.3 Å². The van der Waals surface area contributed by atoms with Gasteiger partial charge >= 0.3 is 0 Å². The third-order valence-electron chi connectivity index (χ3n) is 2.02. The molecule has 0 N–H and O–H groups in total. The molecule has 0 spiro atoms. The standard InChI is InChI=1S/C11H12N2S/c1-8(2)10-7-14-11(13-10)9-4-3-5-12-6-9/h3-8H,1-2H3. The van der Waals surface area contributed by atoms with Crippen molar-refractivity contribution in [3.63, 3.8) is 0 Å². The molecule has 2 nitrogen and oxygen atoms in total.